The van der Waals surface area contributed by atoms with Gasteiger partial charge in [0.15, 0.2) is 0 Å². The molecule has 0 amide bonds. The van der Waals surface area contributed by atoms with Gasteiger partial charge in [0.05, 0.1) is 15.2 Å². The summed E-state index contributed by atoms with van der Waals surface area (Å²) in [6.45, 7) is 52.0. The molecule has 2 aliphatic rings. The van der Waals surface area contributed by atoms with E-state index < -0.39 is 30.0 Å². The lowest BCUT2D eigenvalue weighted by atomic mass is 10.1. The molecule has 0 unspecified atom stereocenters. The lowest BCUT2D eigenvalue weighted by Gasteiger charge is -2.71. The summed E-state index contributed by atoms with van der Waals surface area (Å²) in [7, 11) is -7.82. The van der Waals surface area contributed by atoms with Crippen LogP contribution in [0.5, 0.6) is 0 Å². The van der Waals surface area contributed by atoms with Gasteiger partial charge in [-0.3, -0.25) is 0 Å². The van der Waals surface area contributed by atoms with Gasteiger partial charge in [-0.2, -0.15) is 0 Å². The Morgan fingerprint density at radius 3 is 0.618 bits per heavy atom. The zero-order valence-electron chi connectivity index (χ0n) is 26.6. The highest BCUT2D eigenvalue weighted by Crippen LogP contribution is 2.54. The Kier molecular flexibility index (Phi) is 7.83. The van der Waals surface area contributed by atoms with Crippen LogP contribution in [0.4, 0.5) is 0 Å². The second-order valence-corrected chi connectivity index (χ2v) is 51.3. The van der Waals surface area contributed by atoms with Crippen molar-refractivity contribution in [1.82, 2.24) is 18.3 Å². The lowest BCUT2D eigenvalue weighted by molar-refractivity contribution is 0.237. The van der Waals surface area contributed by atoms with Gasteiger partial charge in [0.2, 0.25) is 14.9 Å². The van der Waals surface area contributed by atoms with E-state index in [0.29, 0.717) is 0 Å². The predicted octanol–water partition coefficient (Wildman–Crippen LogP) is 6.21. The summed E-state index contributed by atoms with van der Waals surface area (Å²) >= 11 is 0. The van der Waals surface area contributed by atoms with Crippen molar-refractivity contribution >= 4 is 30.0 Å². The Labute approximate surface area is 218 Å². The molecule has 0 N–H and O–H groups in total. The summed E-state index contributed by atoms with van der Waals surface area (Å²) < 4.78 is 12.9. The summed E-state index contributed by atoms with van der Waals surface area (Å²) in [4.78, 5) is 0. The molecule has 34 heavy (non-hydrogen) atoms. The van der Waals surface area contributed by atoms with Crippen LogP contribution in [0.15, 0.2) is 0 Å². The van der Waals surface area contributed by atoms with Gasteiger partial charge in [-0.05, 0) is 83.1 Å². The van der Waals surface area contributed by atoms with Gasteiger partial charge >= 0.3 is 0 Å². The molecule has 0 spiro atoms. The number of hydrogen-bond acceptors (Lipinski definition) is 4. The second kappa shape index (κ2) is 8.61. The average molecular weight is 543 g/mol. The molecule has 8 heteroatoms. The van der Waals surface area contributed by atoms with Gasteiger partial charge in [-0.15, -0.1) is 0 Å². The van der Waals surface area contributed by atoms with Crippen LogP contribution < -0.4 is 0 Å². The molecular weight excluding hydrogens is 481 g/mol. The highest BCUT2D eigenvalue weighted by Gasteiger charge is 2.83. The van der Waals surface area contributed by atoms with Crippen LogP contribution in [0.25, 0.3) is 0 Å². The van der Waals surface area contributed by atoms with Crippen LogP contribution in [0, 0.1) is 0 Å². The Morgan fingerprint density at radius 1 is 0.382 bits per heavy atom. The van der Waals surface area contributed by atoms with E-state index in [2.05, 4.69) is 141 Å². The normalized spacial score (nSPS) is 24.9. The minimum Gasteiger partial charge on any atom is -0.308 e. The number of nitrogens with zero attached hydrogens (tertiary/aromatic N) is 4. The average Bonchev–Trinajstić information content (AvgIpc) is 3.12. The molecule has 2 saturated heterocycles. The molecule has 0 radical (unpaired) electrons. The molecule has 0 aliphatic carbocycles. The molecule has 2 fully saturated rings. The van der Waals surface area contributed by atoms with E-state index in [0.717, 1.165) is 0 Å². The summed E-state index contributed by atoms with van der Waals surface area (Å²) in [6.07, 6.45) is 0. The van der Waals surface area contributed by atoms with Crippen molar-refractivity contribution in [2.24, 2.45) is 0 Å². The van der Waals surface area contributed by atoms with E-state index in [1.54, 1.807) is 0 Å². The van der Waals surface area contributed by atoms with Gasteiger partial charge in [-0.1, -0.05) is 39.3 Å². The quantitative estimate of drug-likeness (QED) is 0.393. The van der Waals surface area contributed by atoms with Crippen molar-refractivity contribution in [2.45, 2.75) is 145 Å². The van der Waals surface area contributed by atoms with Crippen molar-refractivity contribution in [3.05, 3.63) is 0 Å². The highest BCUT2D eigenvalue weighted by molar-refractivity contribution is 7.81. The summed E-state index contributed by atoms with van der Waals surface area (Å²) in [5.41, 5.74) is 0.730. The fourth-order valence-corrected chi connectivity index (χ4v) is 96.2. The largest absolute Gasteiger partial charge is 0.308 e. The molecule has 4 nitrogen and oxygen atoms in total. The second-order valence-electron chi connectivity index (χ2n) is 17.1. The first kappa shape index (κ1) is 30.9. The van der Waals surface area contributed by atoms with Crippen LogP contribution in [-0.2, 0) is 0 Å². The molecule has 0 bridgehead atoms. The Morgan fingerprint density at radius 2 is 0.529 bits per heavy atom. The first-order valence-electron chi connectivity index (χ1n) is 13.8. The van der Waals surface area contributed by atoms with Crippen LogP contribution in [0.1, 0.15) is 83.1 Å². The summed E-state index contributed by atoms with van der Waals surface area (Å²) in [5.74, 6) is 0. The minimum absolute atomic E-state index is 0.182. The molecule has 202 valence electrons. The fraction of sp³-hybridized carbons (Fsp3) is 1.00. The first-order chi connectivity index (χ1) is 14.7. The maximum Gasteiger partial charge on any atom is 0.212 e. The zero-order chi connectivity index (χ0) is 27.1. The Hall–Kier alpha value is 0.708. The van der Waals surface area contributed by atoms with Gasteiger partial charge < -0.3 is 18.3 Å². The summed E-state index contributed by atoms with van der Waals surface area (Å²) in [5, 5.41) is 0. The Balaban J connectivity index is 3.29. The minimum atomic E-state index is -2.20. The van der Waals surface area contributed by atoms with Crippen LogP contribution in [-0.4, -0.2) is 96.6 Å². The van der Waals surface area contributed by atoms with E-state index in [1.807, 2.05) is 0 Å². The molecule has 2 aliphatic heterocycles. The molecule has 0 aromatic heterocycles. The lowest BCUT2D eigenvalue weighted by Crippen LogP contribution is -3.02. The number of rotatable bonds is 3. The SMILES string of the molecule is CC(C)(C)N1CCN(C(C)(C)C)[Si]1([Si](C)(C)C)[Si]1([Si](C)(C)C)N(C(C)(C)C)CCN1C(C)(C)C. The predicted molar refractivity (Wildman–Crippen MR) is 164 cm³/mol. The molecule has 0 aromatic rings. The van der Waals surface area contributed by atoms with Crippen molar-refractivity contribution in [1.29, 1.82) is 0 Å². The third-order valence-electron chi connectivity index (χ3n) is 8.47. The molecule has 0 aromatic carbocycles. The van der Waals surface area contributed by atoms with Crippen LogP contribution >= 0.6 is 0 Å². The van der Waals surface area contributed by atoms with Crippen molar-refractivity contribution in [2.75, 3.05) is 26.2 Å². The van der Waals surface area contributed by atoms with E-state index in [9.17, 15) is 0 Å². The van der Waals surface area contributed by atoms with Gasteiger partial charge in [0.1, 0.15) is 0 Å². The topological polar surface area (TPSA) is 13.0 Å². The molecule has 2 rings (SSSR count). The standard InChI is InChI=1S/C26H62N4Si4/c1-23(2,3)27-19-20-28(24(4,5)6)33(27,31(13,14)15)34(32(16,17)18)29(25(7,8)9)21-22-30(34)26(10,11)12/h19-22H2,1-18H3. The summed E-state index contributed by atoms with van der Waals surface area (Å²) in [6, 6.07) is 0. The van der Waals surface area contributed by atoms with E-state index >= 15 is 0 Å². The first-order valence-corrected chi connectivity index (χ1v) is 27.6. The Bertz CT molecular complexity index is 634. The maximum absolute atomic E-state index is 3.21. The molecule has 0 atom stereocenters. The smallest absolute Gasteiger partial charge is 0.212 e. The molecule has 2 heterocycles. The molecular formula is C26H62N4Si4. The zero-order valence-corrected chi connectivity index (χ0v) is 30.6. The van der Waals surface area contributed by atoms with E-state index in [-0.39, 0.29) is 22.2 Å². The monoisotopic (exact) mass is 542 g/mol. The van der Waals surface area contributed by atoms with Crippen molar-refractivity contribution < 1.29 is 0 Å². The third kappa shape index (κ3) is 4.48. The van der Waals surface area contributed by atoms with Crippen molar-refractivity contribution in [3.8, 4) is 0 Å². The molecule has 0 saturated carbocycles. The van der Waals surface area contributed by atoms with E-state index in [1.165, 1.54) is 26.2 Å². The van der Waals surface area contributed by atoms with Crippen molar-refractivity contribution in [3.63, 3.8) is 0 Å². The van der Waals surface area contributed by atoms with Crippen LogP contribution in [0.3, 0.4) is 0 Å². The van der Waals surface area contributed by atoms with Gasteiger partial charge in [-0.25, -0.2) is 0 Å². The van der Waals surface area contributed by atoms with Gasteiger partial charge in [0.25, 0.3) is 0 Å². The maximum atomic E-state index is 3.21. The van der Waals surface area contributed by atoms with Crippen LogP contribution in [0.2, 0.25) is 39.3 Å². The fourth-order valence-electron chi connectivity index (χ4n) is 8.04. The third-order valence-corrected chi connectivity index (χ3v) is 64.3. The number of hydrogen-bond donors (Lipinski definition) is 0. The van der Waals surface area contributed by atoms with E-state index in [4.69, 9.17) is 0 Å². The van der Waals surface area contributed by atoms with Gasteiger partial charge in [0, 0.05) is 48.3 Å². The highest BCUT2D eigenvalue weighted by atomic mass is 29.8.